The summed E-state index contributed by atoms with van der Waals surface area (Å²) in [6.07, 6.45) is 2.30. The average Bonchev–Trinajstić information content (AvgIpc) is 2.64. The van der Waals surface area contributed by atoms with Crippen molar-refractivity contribution in [2.45, 2.75) is 0 Å². The molecule has 26 heavy (non-hydrogen) atoms. The van der Waals surface area contributed by atoms with Gasteiger partial charge in [-0.2, -0.15) is 0 Å². The predicted octanol–water partition coefficient (Wildman–Crippen LogP) is 6.71. The molecule has 0 radical (unpaired) electrons. The van der Waals surface area contributed by atoms with E-state index < -0.39 is 0 Å². The summed E-state index contributed by atoms with van der Waals surface area (Å²) in [4.78, 5) is 2.18. The van der Waals surface area contributed by atoms with Crippen molar-refractivity contribution in [1.82, 2.24) is 4.90 Å². The first-order valence-electron chi connectivity index (χ1n) is 8.50. The highest BCUT2D eigenvalue weighted by atomic mass is 127. The number of hydrogen-bond donors (Lipinski definition) is 0. The molecule has 3 rings (SSSR count). The Kier molecular flexibility index (Phi) is 6.68. The Morgan fingerprint density at radius 2 is 1.27 bits per heavy atom. The minimum atomic E-state index is 0.912. The quantitative estimate of drug-likeness (QED) is 0.340. The van der Waals surface area contributed by atoms with Gasteiger partial charge in [0.25, 0.3) is 0 Å². The number of hydrogen-bond acceptors (Lipinski definition) is 1. The maximum absolute atomic E-state index is 3.50. The zero-order chi connectivity index (χ0) is 18.5. The van der Waals surface area contributed by atoms with Crippen LogP contribution in [-0.2, 0) is 0 Å². The topological polar surface area (TPSA) is 3.24 Å². The molecule has 0 aliphatic heterocycles. The van der Waals surface area contributed by atoms with Crippen molar-refractivity contribution in [3.05, 3.63) is 98.0 Å². The van der Waals surface area contributed by atoms with Gasteiger partial charge >= 0.3 is 0 Å². The van der Waals surface area contributed by atoms with E-state index in [9.17, 15) is 0 Å². The van der Waals surface area contributed by atoms with E-state index in [2.05, 4.69) is 136 Å². The zero-order valence-electron chi connectivity index (χ0n) is 14.9. The fourth-order valence-electron chi connectivity index (χ4n) is 2.79. The molecule has 3 aromatic rings. The first kappa shape index (κ1) is 19.3. The monoisotopic (exact) mass is 517 g/mol. The lowest BCUT2D eigenvalue weighted by molar-refractivity contribution is 0.457. The van der Waals surface area contributed by atoms with Gasteiger partial charge in [0.05, 0.1) is 0 Å². The Morgan fingerprint density at radius 3 is 1.77 bits per heavy atom. The number of benzene rings is 3. The van der Waals surface area contributed by atoms with Crippen LogP contribution < -0.4 is 0 Å². The summed E-state index contributed by atoms with van der Waals surface area (Å²) >= 11 is 5.85. The van der Waals surface area contributed by atoms with Crippen LogP contribution in [0.2, 0.25) is 0 Å². The number of rotatable bonds is 5. The molecule has 0 atom stereocenters. The van der Waals surface area contributed by atoms with E-state index in [0.29, 0.717) is 0 Å². The van der Waals surface area contributed by atoms with Crippen molar-refractivity contribution in [3.8, 4) is 11.1 Å². The smallest absolute Gasteiger partial charge is 0.0175 e. The first-order valence-corrected chi connectivity index (χ1v) is 10.4. The molecule has 0 N–H and O–H groups in total. The van der Waals surface area contributed by atoms with E-state index in [0.717, 1.165) is 11.0 Å². The van der Waals surface area contributed by atoms with Gasteiger partial charge in [-0.05, 0) is 88.8 Å². The molecule has 0 aliphatic carbocycles. The number of halogens is 2. The maximum atomic E-state index is 3.50. The van der Waals surface area contributed by atoms with Gasteiger partial charge in [0.1, 0.15) is 0 Å². The van der Waals surface area contributed by atoms with Crippen molar-refractivity contribution >= 4 is 44.1 Å². The van der Waals surface area contributed by atoms with E-state index in [1.165, 1.54) is 31.4 Å². The molecule has 0 heterocycles. The summed E-state index contributed by atoms with van der Waals surface area (Å²) in [7, 11) is 4.19. The van der Waals surface area contributed by atoms with Gasteiger partial charge < -0.3 is 4.90 Å². The summed E-state index contributed by atoms with van der Waals surface area (Å²) in [5.74, 6) is 0. The van der Waals surface area contributed by atoms with Crippen LogP contribution in [0.1, 0.15) is 11.1 Å². The van der Waals surface area contributed by atoms with Crippen LogP contribution in [0.5, 0.6) is 0 Å². The standard InChI is InChI=1S/C23H21BrIN/c1-26(2)16-15-23(20-9-13-22(25)14-10-20)19-5-3-17(4-6-19)18-7-11-21(24)12-8-18/h3-15H,16H2,1-2H3/b23-15-. The Bertz CT molecular complexity index is 879. The van der Waals surface area contributed by atoms with Crippen molar-refractivity contribution in [2.24, 2.45) is 0 Å². The summed E-state index contributed by atoms with van der Waals surface area (Å²) in [6.45, 7) is 0.912. The second kappa shape index (κ2) is 8.98. The van der Waals surface area contributed by atoms with Crippen molar-refractivity contribution in [1.29, 1.82) is 0 Å². The molecule has 0 fully saturated rings. The van der Waals surface area contributed by atoms with Crippen LogP contribution in [0.15, 0.2) is 83.3 Å². The lowest BCUT2D eigenvalue weighted by atomic mass is 9.95. The zero-order valence-corrected chi connectivity index (χ0v) is 18.7. The Labute approximate surface area is 178 Å². The Hall–Kier alpha value is -1.43. The fraction of sp³-hybridized carbons (Fsp3) is 0.130. The minimum Gasteiger partial charge on any atom is -0.306 e. The maximum Gasteiger partial charge on any atom is 0.0175 e. The molecule has 3 aromatic carbocycles. The lowest BCUT2D eigenvalue weighted by Crippen LogP contribution is -2.11. The average molecular weight is 518 g/mol. The molecular weight excluding hydrogens is 497 g/mol. The van der Waals surface area contributed by atoms with Crippen LogP contribution in [0.4, 0.5) is 0 Å². The molecule has 3 heteroatoms. The number of likely N-dealkylation sites (N-methyl/N-ethyl adjacent to an activating group) is 1. The van der Waals surface area contributed by atoms with Gasteiger partial charge in [-0.1, -0.05) is 70.5 Å². The minimum absolute atomic E-state index is 0.912. The molecule has 1 nitrogen and oxygen atoms in total. The van der Waals surface area contributed by atoms with E-state index in [4.69, 9.17) is 0 Å². The molecule has 0 spiro atoms. The van der Waals surface area contributed by atoms with Gasteiger partial charge in [-0.15, -0.1) is 0 Å². The van der Waals surface area contributed by atoms with Gasteiger partial charge in [0, 0.05) is 14.6 Å². The molecule has 0 saturated heterocycles. The second-order valence-electron chi connectivity index (χ2n) is 6.47. The predicted molar refractivity (Wildman–Crippen MR) is 124 cm³/mol. The van der Waals surface area contributed by atoms with E-state index in [1.54, 1.807) is 0 Å². The SMILES string of the molecule is CN(C)C/C=C(\c1ccc(I)cc1)c1ccc(-c2ccc(Br)cc2)cc1. The molecule has 0 aromatic heterocycles. The largest absolute Gasteiger partial charge is 0.306 e. The van der Waals surface area contributed by atoms with Gasteiger partial charge in [-0.25, -0.2) is 0 Å². The Balaban J connectivity index is 1.94. The molecule has 132 valence electrons. The van der Waals surface area contributed by atoms with Crippen molar-refractivity contribution in [3.63, 3.8) is 0 Å². The fourth-order valence-corrected chi connectivity index (χ4v) is 3.41. The summed E-state index contributed by atoms with van der Waals surface area (Å²) in [5.41, 5.74) is 6.23. The van der Waals surface area contributed by atoms with E-state index in [1.807, 2.05) is 0 Å². The van der Waals surface area contributed by atoms with Crippen LogP contribution in [0, 0.1) is 3.57 Å². The van der Waals surface area contributed by atoms with Gasteiger partial charge in [-0.3, -0.25) is 0 Å². The van der Waals surface area contributed by atoms with Crippen molar-refractivity contribution < 1.29 is 0 Å². The third-order valence-corrected chi connectivity index (χ3v) is 5.44. The van der Waals surface area contributed by atoms with Crippen LogP contribution in [0.3, 0.4) is 0 Å². The third-order valence-electron chi connectivity index (χ3n) is 4.19. The molecule has 0 aliphatic rings. The molecule has 0 bridgehead atoms. The third kappa shape index (κ3) is 5.06. The molecule has 0 unspecified atom stereocenters. The Morgan fingerprint density at radius 1 is 0.808 bits per heavy atom. The molecule has 0 amide bonds. The molecule has 0 saturated carbocycles. The second-order valence-corrected chi connectivity index (χ2v) is 8.63. The van der Waals surface area contributed by atoms with Crippen LogP contribution >= 0.6 is 38.5 Å². The van der Waals surface area contributed by atoms with Crippen LogP contribution in [-0.4, -0.2) is 25.5 Å². The normalized spacial score (nSPS) is 11.8. The van der Waals surface area contributed by atoms with E-state index >= 15 is 0 Å². The first-order chi connectivity index (χ1) is 12.5. The summed E-state index contributed by atoms with van der Waals surface area (Å²) in [6, 6.07) is 26.0. The summed E-state index contributed by atoms with van der Waals surface area (Å²) in [5, 5.41) is 0. The highest BCUT2D eigenvalue weighted by molar-refractivity contribution is 14.1. The van der Waals surface area contributed by atoms with Gasteiger partial charge in [0.15, 0.2) is 0 Å². The van der Waals surface area contributed by atoms with Crippen LogP contribution in [0.25, 0.3) is 16.7 Å². The van der Waals surface area contributed by atoms with E-state index in [-0.39, 0.29) is 0 Å². The van der Waals surface area contributed by atoms with Crippen molar-refractivity contribution in [2.75, 3.05) is 20.6 Å². The highest BCUT2D eigenvalue weighted by Crippen LogP contribution is 2.28. The lowest BCUT2D eigenvalue weighted by Gasteiger charge is -2.13. The van der Waals surface area contributed by atoms with Gasteiger partial charge in [0.2, 0.25) is 0 Å². The number of nitrogens with zero attached hydrogens (tertiary/aromatic N) is 1. The highest BCUT2D eigenvalue weighted by Gasteiger charge is 2.06. The summed E-state index contributed by atoms with van der Waals surface area (Å²) < 4.78 is 2.36. The molecular formula is C23H21BrIN.